The molecule has 0 amide bonds. The van der Waals surface area contributed by atoms with Gasteiger partial charge in [0.1, 0.15) is 0 Å². The largest absolute Gasteiger partial charge is 0.285 e. The van der Waals surface area contributed by atoms with Crippen LogP contribution in [0, 0.1) is 0 Å². The lowest BCUT2D eigenvalue weighted by atomic mass is 9.77. The Balaban J connectivity index is 1.77. The Kier molecular flexibility index (Phi) is 5.45. The van der Waals surface area contributed by atoms with E-state index in [4.69, 9.17) is 0 Å². The third kappa shape index (κ3) is 3.62. The Morgan fingerprint density at radius 3 is 1.53 bits per heavy atom. The SMILES string of the molecule is CCC(C)(C)c1ccc(-c2ccc3c(c2)C(=O)C(=O)c2cc(C(C)(C)CC)ccc2-3)cc1. The number of hydrogen-bond acceptors (Lipinski definition) is 2. The van der Waals surface area contributed by atoms with Crippen molar-refractivity contribution < 1.29 is 9.59 Å². The maximum absolute atomic E-state index is 13.1. The van der Waals surface area contributed by atoms with E-state index in [1.165, 1.54) is 5.56 Å². The van der Waals surface area contributed by atoms with E-state index >= 15 is 0 Å². The van der Waals surface area contributed by atoms with E-state index in [0.29, 0.717) is 11.1 Å². The van der Waals surface area contributed by atoms with E-state index < -0.39 is 11.6 Å². The van der Waals surface area contributed by atoms with Crippen LogP contribution in [0.15, 0.2) is 60.7 Å². The number of benzene rings is 3. The van der Waals surface area contributed by atoms with Crippen molar-refractivity contribution in [3.63, 3.8) is 0 Å². The first-order valence-corrected chi connectivity index (χ1v) is 11.6. The van der Waals surface area contributed by atoms with Crippen molar-refractivity contribution in [1.82, 2.24) is 0 Å². The van der Waals surface area contributed by atoms with Crippen LogP contribution in [0.1, 0.15) is 86.2 Å². The minimum atomic E-state index is -0.412. The molecule has 0 aromatic heterocycles. The molecule has 32 heavy (non-hydrogen) atoms. The van der Waals surface area contributed by atoms with Crippen LogP contribution in [0.3, 0.4) is 0 Å². The molecule has 2 nitrogen and oxygen atoms in total. The average Bonchev–Trinajstić information content (AvgIpc) is 2.82. The second-order valence-corrected chi connectivity index (χ2v) is 10.2. The Labute approximate surface area is 191 Å². The third-order valence-corrected chi connectivity index (χ3v) is 7.57. The molecular weight excluding hydrogens is 392 g/mol. The number of hydrogen-bond donors (Lipinski definition) is 0. The van der Waals surface area contributed by atoms with Crippen LogP contribution in [0.25, 0.3) is 22.3 Å². The van der Waals surface area contributed by atoms with Crippen molar-refractivity contribution >= 4 is 11.6 Å². The average molecular weight is 425 g/mol. The second kappa shape index (κ2) is 7.85. The lowest BCUT2D eigenvalue weighted by Crippen LogP contribution is -2.23. The van der Waals surface area contributed by atoms with Crippen molar-refractivity contribution in [2.75, 3.05) is 0 Å². The molecule has 164 valence electrons. The summed E-state index contributed by atoms with van der Waals surface area (Å²) in [7, 11) is 0. The fourth-order valence-electron chi connectivity index (χ4n) is 4.30. The van der Waals surface area contributed by atoms with E-state index in [0.717, 1.165) is 40.7 Å². The van der Waals surface area contributed by atoms with Crippen LogP contribution in [-0.4, -0.2) is 11.6 Å². The molecule has 0 aliphatic heterocycles. The van der Waals surface area contributed by atoms with Crippen LogP contribution in [0.4, 0.5) is 0 Å². The van der Waals surface area contributed by atoms with Crippen LogP contribution in [-0.2, 0) is 10.8 Å². The molecule has 0 unspecified atom stereocenters. The van der Waals surface area contributed by atoms with Gasteiger partial charge in [-0.15, -0.1) is 0 Å². The maximum atomic E-state index is 13.1. The predicted octanol–water partition coefficient (Wildman–Crippen LogP) is 7.77. The number of ketones is 2. The lowest BCUT2D eigenvalue weighted by molar-refractivity contribution is 0.0815. The number of carbonyl (C=O) groups is 2. The van der Waals surface area contributed by atoms with E-state index in [1.807, 2.05) is 24.3 Å². The zero-order valence-electron chi connectivity index (χ0n) is 20.0. The molecule has 0 saturated heterocycles. The molecule has 3 aromatic carbocycles. The van der Waals surface area contributed by atoms with Gasteiger partial charge in [0.05, 0.1) is 0 Å². The zero-order valence-corrected chi connectivity index (χ0v) is 20.0. The van der Waals surface area contributed by atoms with Crippen molar-refractivity contribution in [2.24, 2.45) is 0 Å². The molecule has 3 aromatic rings. The van der Waals surface area contributed by atoms with Gasteiger partial charge in [0, 0.05) is 11.1 Å². The Morgan fingerprint density at radius 2 is 0.969 bits per heavy atom. The summed E-state index contributed by atoms with van der Waals surface area (Å²) in [5.41, 5.74) is 7.22. The number of rotatable bonds is 5. The second-order valence-electron chi connectivity index (χ2n) is 10.2. The molecule has 0 N–H and O–H groups in total. The van der Waals surface area contributed by atoms with E-state index in [1.54, 1.807) is 0 Å². The Hall–Kier alpha value is -3.00. The van der Waals surface area contributed by atoms with E-state index in [2.05, 4.69) is 77.9 Å². The maximum Gasteiger partial charge on any atom is 0.234 e. The third-order valence-electron chi connectivity index (χ3n) is 7.57. The van der Waals surface area contributed by atoms with Crippen molar-refractivity contribution in [3.8, 4) is 22.3 Å². The first-order chi connectivity index (χ1) is 15.1. The summed E-state index contributed by atoms with van der Waals surface area (Å²) in [5, 5.41) is 0. The summed E-state index contributed by atoms with van der Waals surface area (Å²) < 4.78 is 0. The van der Waals surface area contributed by atoms with Gasteiger partial charge in [-0.05, 0) is 69.2 Å². The van der Waals surface area contributed by atoms with Gasteiger partial charge in [0.25, 0.3) is 0 Å². The minimum Gasteiger partial charge on any atom is -0.285 e. The quantitative estimate of drug-likeness (QED) is 0.392. The van der Waals surface area contributed by atoms with Gasteiger partial charge in [-0.1, -0.05) is 90.1 Å². The van der Waals surface area contributed by atoms with Crippen LogP contribution in [0.2, 0.25) is 0 Å². The summed E-state index contributed by atoms with van der Waals surface area (Å²) >= 11 is 0. The van der Waals surface area contributed by atoms with Crippen LogP contribution in [0.5, 0.6) is 0 Å². The van der Waals surface area contributed by atoms with Crippen LogP contribution >= 0.6 is 0 Å². The van der Waals surface area contributed by atoms with Gasteiger partial charge in [-0.2, -0.15) is 0 Å². The molecule has 0 atom stereocenters. The lowest BCUT2D eigenvalue weighted by Gasteiger charge is -2.26. The molecule has 4 rings (SSSR count). The summed E-state index contributed by atoms with van der Waals surface area (Å²) in [6, 6.07) is 20.5. The van der Waals surface area contributed by atoms with E-state index in [9.17, 15) is 9.59 Å². The number of fused-ring (bicyclic) bond motifs is 3. The standard InChI is InChI=1S/C30H32O2/c1-7-29(3,4)21-12-9-19(10-13-21)20-11-15-23-24-16-14-22(30(5,6)8-2)18-26(24)28(32)27(31)25(23)17-20/h9-18H,7-8H2,1-6H3. The first-order valence-electron chi connectivity index (χ1n) is 11.6. The van der Waals surface area contributed by atoms with Gasteiger partial charge >= 0.3 is 0 Å². The normalized spacial score (nSPS) is 13.7. The topological polar surface area (TPSA) is 34.1 Å². The molecule has 1 aliphatic carbocycles. The predicted molar refractivity (Wildman–Crippen MR) is 133 cm³/mol. The number of Topliss-reactive ketones (excluding diaryl/α,β-unsaturated/α-hetero) is 2. The summed E-state index contributed by atoms with van der Waals surface area (Å²) in [6.07, 6.45) is 2.03. The molecular formula is C30H32O2. The smallest absolute Gasteiger partial charge is 0.234 e. The molecule has 1 aliphatic rings. The molecule has 2 heteroatoms. The van der Waals surface area contributed by atoms with Gasteiger partial charge in [0.15, 0.2) is 0 Å². The molecule has 0 saturated carbocycles. The fourth-order valence-corrected chi connectivity index (χ4v) is 4.30. The van der Waals surface area contributed by atoms with E-state index in [-0.39, 0.29) is 10.8 Å². The van der Waals surface area contributed by atoms with Gasteiger partial charge in [0.2, 0.25) is 11.6 Å². The minimum absolute atomic E-state index is 0.0407. The molecule has 0 bridgehead atoms. The molecule has 0 spiro atoms. The highest BCUT2D eigenvalue weighted by molar-refractivity contribution is 6.53. The Bertz CT molecular complexity index is 1210. The molecule has 0 heterocycles. The first kappa shape index (κ1) is 22.2. The zero-order chi connectivity index (χ0) is 23.3. The van der Waals surface area contributed by atoms with Gasteiger partial charge in [-0.3, -0.25) is 9.59 Å². The van der Waals surface area contributed by atoms with Crippen LogP contribution < -0.4 is 0 Å². The Morgan fingerprint density at radius 1 is 0.531 bits per heavy atom. The van der Waals surface area contributed by atoms with Crippen molar-refractivity contribution in [2.45, 2.75) is 65.2 Å². The number of carbonyl (C=O) groups excluding carboxylic acids is 2. The summed E-state index contributed by atoms with van der Waals surface area (Å²) in [6.45, 7) is 13.2. The molecule has 0 radical (unpaired) electrons. The highest BCUT2D eigenvalue weighted by Gasteiger charge is 2.32. The van der Waals surface area contributed by atoms with Gasteiger partial charge in [-0.25, -0.2) is 0 Å². The molecule has 0 fully saturated rings. The van der Waals surface area contributed by atoms with Crippen molar-refractivity contribution in [3.05, 3.63) is 82.9 Å². The summed E-state index contributed by atoms with van der Waals surface area (Å²) in [5.74, 6) is -0.817. The highest BCUT2D eigenvalue weighted by Crippen LogP contribution is 2.39. The monoisotopic (exact) mass is 424 g/mol. The van der Waals surface area contributed by atoms with Crippen molar-refractivity contribution in [1.29, 1.82) is 0 Å². The van der Waals surface area contributed by atoms with Gasteiger partial charge < -0.3 is 0 Å². The summed E-state index contributed by atoms with van der Waals surface area (Å²) in [4.78, 5) is 26.1. The fraction of sp³-hybridized carbons (Fsp3) is 0.333. The highest BCUT2D eigenvalue weighted by atomic mass is 16.2.